The van der Waals surface area contributed by atoms with Gasteiger partial charge >= 0.3 is 6.92 Å². The molecule has 0 unspecified atom stereocenters. The molecule has 1 nitrogen and oxygen atoms in total. The summed E-state index contributed by atoms with van der Waals surface area (Å²) < 4.78 is 5.97. The minimum Gasteiger partial charge on any atom is -0.426 e. The Balaban J connectivity index is 4.36. The van der Waals surface area contributed by atoms with E-state index in [1.807, 2.05) is 19.0 Å². The topological polar surface area (TPSA) is 9.23 Å². The van der Waals surface area contributed by atoms with Gasteiger partial charge in [0.25, 0.3) is 0 Å². The Hall–Kier alpha value is -0.755. The Kier molecular flexibility index (Phi) is 5.67. The quantitative estimate of drug-likeness (QED) is 0.473. The van der Waals surface area contributed by atoms with Gasteiger partial charge in [0.15, 0.2) is 0 Å². The fraction of sp³-hybridized carbons (Fsp3) is 0.538. The van der Waals surface area contributed by atoms with Crippen LogP contribution in [-0.2, 0) is 4.65 Å². The van der Waals surface area contributed by atoms with Gasteiger partial charge in [-0.25, -0.2) is 0 Å². The summed E-state index contributed by atoms with van der Waals surface area (Å²) in [6, 6.07) is 0. The van der Waals surface area contributed by atoms with Crippen molar-refractivity contribution in [2.75, 3.05) is 0 Å². The Labute approximate surface area is 95.0 Å². The first-order chi connectivity index (χ1) is 6.81. The molecule has 0 heterocycles. The van der Waals surface area contributed by atoms with Crippen LogP contribution in [0.5, 0.6) is 0 Å². The van der Waals surface area contributed by atoms with Crippen LogP contribution in [0.1, 0.15) is 27.7 Å². The molecular weight excluding hydrogens is 183 g/mol. The lowest BCUT2D eigenvalue weighted by atomic mass is 9.62. The highest BCUT2D eigenvalue weighted by Crippen LogP contribution is 2.22. The molecule has 0 aliphatic rings. The van der Waals surface area contributed by atoms with Crippen LogP contribution in [0.15, 0.2) is 36.9 Å². The zero-order chi connectivity index (χ0) is 12.1. The summed E-state index contributed by atoms with van der Waals surface area (Å²) in [5.41, 5.74) is 0.855. The molecule has 0 saturated heterocycles. The van der Waals surface area contributed by atoms with E-state index < -0.39 is 0 Å². The van der Waals surface area contributed by atoms with Gasteiger partial charge in [-0.1, -0.05) is 51.0 Å². The van der Waals surface area contributed by atoms with Crippen LogP contribution in [0, 0.1) is 5.92 Å². The first-order valence-electron chi connectivity index (χ1n) is 5.47. The third-order valence-corrected chi connectivity index (χ3v) is 2.84. The fourth-order valence-electron chi connectivity index (χ4n) is 0.995. The Bertz CT molecular complexity index is 251. The van der Waals surface area contributed by atoms with Crippen LogP contribution in [0.2, 0.25) is 6.82 Å². The third-order valence-electron chi connectivity index (χ3n) is 2.84. The Morgan fingerprint density at radius 1 is 1.40 bits per heavy atom. The van der Waals surface area contributed by atoms with Crippen LogP contribution in [0.4, 0.5) is 0 Å². The third kappa shape index (κ3) is 5.03. The van der Waals surface area contributed by atoms with Crippen LogP contribution in [0.3, 0.4) is 0 Å². The van der Waals surface area contributed by atoms with Gasteiger partial charge in [0.05, 0.1) is 0 Å². The average Bonchev–Trinajstić information content (AvgIpc) is 2.13. The van der Waals surface area contributed by atoms with Gasteiger partial charge in [0, 0.05) is 5.60 Å². The van der Waals surface area contributed by atoms with E-state index >= 15 is 0 Å². The molecule has 0 aliphatic carbocycles. The second-order valence-corrected chi connectivity index (χ2v) is 4.69. The fourth-order valence-corrected chi connectivity index (χ4v) is 0.995. The SMILES string of the molecule is C=CC=CC(=C)B(C)OC(C)(C)C(C)C. The molecule has 0 spiro atoms. The molecule has 0 rings (SSSR count). The van der Waals surface area contributed by atoms with Crippen molar-refractivity contribution >= 4 is 6.92 Å². The number of allylic oxidation sites excluding steroid dienone is 4. The minimum absolute atomic E-state index is 0.0404. The van der Waals surface area contributed by atoms with Crippen molar-refractivity contribution in [2.24, 2.45) is 5.92 Å². The van der Waals surface area contributed by atoms with Gasteiger partial charge < -0.3 is 4.65 Å². The highest BCUT2D eigenvalue weighted by Gasteiger charge is 2.27. The lowest BCUT2D eigenvalue weighted by Gasteiger charge is -2.32. The zero-order valence-corrected chi connectivity index (χ0v) is 10.7. The van der Waals surface area contributed by atoms with Crippen LogP contribution >= 0.6 is 0 Å². The lowest BCUT2D eigenvalue weighted by molar-refractivity contribution is 0.0600. The molecule has 15 heavy (non-hydrogen) atoms. The van der Waals surface area contributed by atoms with Crippen molar-refractivity contribution in [1.82, 2.24) is 0 Å². The zero-order valence-electron chi connectivity index (χ0n) is 10.7. The summed E-state index contributed by atoms with van der Waals surface area (Å²) >= 11 is 0. The molecule has 0 aromatic rings. The van der Waals surface area contributed by atoms with E-state index in [2.05, 4.69) is 40.9 Å². The Morgan fingerprint density at radius 3 is 2.33 bits per heavy atom. The van der Waals surface area contributed by atoms with E-state index in [1.54, 1.807) is 6.08 Å². The summed E-state index contributed by atoms with van der Waals surface area (Å²) in [4.78, 5) is 0. The summed E-state index contributed by atoms with van der Waals surface area (Å²) in [5.74, 6) is 0.483. The van der Waals surface area contributed by atoms with E-state index in [-0.39, 0.29) is 12.5 Å². The molecule has 0 bridgehead atoms. The van der Waals surface area contributed by atoms with Gasteiger partial charge in [-0.05, 0) is 19.8 Å². The number of hydrogen-bond acceptors (Lipinski definition) is 1. The number of rotatable bonds is 6. The smallest absolute Gasteiger partial charge is 0.323 e. The van der Waals surface area contributed by atoms with E-state index in [4.69, 9.17) is 4.65 Å². The van der Waals surface area contributed by atoms with Crippen molar-refractivity contribution < 1.29 is 4.65 Å². The summed E-state index contributed by atoms with van der Waals surface area (Å²) in [7, 11) is 0. The monoisotopic (exact) mass is 206 g/mol. The molecule has 0 radical (unpaired) electrons. The summed E-state index contributed by atoms with van der Waals surface area (Å²) in [5, 5.41) is 0. The van der Waals surface area contributed by atoms with E-state index in [1.165, 1.54) is 0 Å². The minimum atomic E-state index is -0.121. The molecular formula is C13H23BO. The first kappa shape index (κ1) is 14.2. The molecule has 0 aromatic carbocycles. The second-order valence-electron chi connectivity index (χ2n) is 4.69. The maximum absolute atomic E-state index is 5.97. The van der Waals surface area contributed by atoms with Crippen LogP contribution in [-0.4, -0.2) is 12.5 Å². The number of hydrogen-bond donors (Lipinski definition) is 0. The second kappa shape index (κ2) is 5.97. The highest BCUT2D eigenvalue weighted by molar-refractivity contribution is 6.59. The molecule has 2 heteroatoms. The molecule has 0 N–H and O–H groups in total. The lowest BCUT2D eigenvalue weighted by Crippen LogP contribution is -2.37. The molecule has 0 aromatic heterocycles. The maximum Gasteiger partial charge on any atom is 0.323 e. The van der Waals surface area contributed by atoms with Crippen molar-refractivity contribution in [3.8, 4) is 0 Å². The molecule has 0 amide bonds. The standard InChI is InChI=1S/C13H23BO/c1-8-9-10-12(4)14(7)15-13(5,6)11(2)3/h8-11H,1,4H2,2-3,5-7H3. The van der Waals surface area contributed by atoms with Gasteiger partial charge in [-0.2, -0.15) is 0 Å². The molecule has 0 aliphatic heterocycles. The molecule has 0 saturated carbocycles. The van der Waals surface area contributed by atoms with Crippen molar-refractivity contribution in [2.45, 2.75) is 40.1 Å². The van der Waals surface area contributed by atoms with Crippen LogP contribution in [0.25, 0.3) is 0 Å². The van der Waals surface area contributed by atoms with E-state index in [0.29, 0.717) is 5.92 Å². The predicted molar refractivity (Wildman–Crippen MR) is 70.1 cm³/mol. The van der Waals surface area contributed by atoms with Crippen molar-refractivity contribution in [3.63, 3.8) is 0 Å². The normalized spacial score (nSPS) is 12.1. The van der Waals surface area contributed by atoms with Gasteiger partial charge in [0.1, 0.15) is 0 Å². The van der Waals surface area contributed by atoms with Gasteiger partial charge in [-0.15, -0.1) is 6.58 Å². The Morgan fingerprint density at radius 2 is 1.93 bits per heavy atom. The molecule has 0 fully saturated rings. The average molecular weight is 206 g/mol. The first-order valence-corrected chi connectivity index (χ1v) is 5.47. The maximum atomic E-state index is 5.97. The van der Waals surface area contributed by atoms with Gasteiger partial charge in [0.2, 0.25) is 0 Å². The summed E-state index contributed by atoms with van der Waals surface area (Å²) in [6.45, 7) is 18.2. The summed E-state index contributed by atoms with van der Waals surface area (Å²) in [6.07, 6.45) is 5.56. The van der Waals surface area contributed by atoms with Crippen molar-refractivity contribution in [1.29, 1.82) is 0 Å². The predicted octanol–water partition coefficient (Wildman–Crippen LogP) is 3.90. The van der Waals surface area contributed by atoms with E-state index in [0.717, 1.165) is 5.47 Å². The van der Waals surface area contributed by atoms with Crippen molar-refractivity contribution in [3.05, 3.63) is 36.9 Å². The molecule has 84 valence electrons. The molecule has 0 atom stereocenters. The van der Waals surface area contributed by atoms with E-state index in [9.17, 15) is 0 Å². The van der Waals surface area contributed by atoms with Crippen LogP contribution < -0.4 is 0 Å². The largest absolute Gasteiger partial charge is 0.426 e. The van der Waals surface area contributed by atoms with Gasteiger partial charge in [-0.3, -0.25) is 0 Å². The highest BCUT2D eigenvalue weighted by atomic mass is 16.5.